The van der Waals surface area contributed by atoms with Gasteiger partial charge in [0.05, 0.1) is 13.2 Å². The van der Waals surface area contributed by atoms with Crippen LogP contribution in [0.3, 0.4) is 0 Å². The molecule has 0 amide bonds. The Bertz CT molecular complexity index is 464. The number of methoxy groups -OCH3 is 1. The molecule has 1 saturated heterocycles. The summed E-state index contributed by atoms with van der Waals surface area (Å²) in [6, 6.07) is 8.50. The first-order chi connectivity index (χ1) is 7.81. The minimum absolute atomic E-state index is 0.318. The van der Waals surface area contributed by atoms with Crippen LogP contribution in [0.1, 0.15) is 11.6 Å². The Labute approximate surface area is 95.6 Å². The molecule has 0 bridgehead atoms. The Morgan fingerprint density at radius 2 is 2.06 bits per heavy atom. The summed E-state index contributed by atoms with van der Waals surface area (Å²) >= 11 is 0. The highest BCUT2D eigenvalue weighted by molar-refractivity contribution is 5.42. The Morgan fingerprint density at radius 3 is 2.69 bits per heavy atom. The van der Waals surface area contributed by atoms with Gasteiger partial charge >= 0.3 is 0 Å². The monoisotopic (exact) mass is 213 g/mol. The van der Waals surface area contributed by atoms with Crippen LogP contribution in [0.2, 0.25) is 0 Å². The van der Waals surface area contributed by atoms with E-state index in [1.807, 2.05) is 12.1 Å². The summed E-state index contributed by atoms with van der Waals surface area (Å²) in [5.41, 5.74) is 2.35. The first kappa shape index (κ1) is 9.52. The second-order valence-electron chi connectivity index (χ2n) is 4.38. The van der Waals surface area contributed by atoms with Crippen molar-refractivity contribution in [3.05, 3.63) is 54.3 Å². The van der Waals surface area contributed by atoms with Gasteiger partial charge in [0, 0.05) is 23.1 Å². The molecule has 0 saturated carbocycles. The van der Waals surface area contributed by atoms with E-state index < -0.39 is 0 Å². The highest BCUT2D eigenvalue weighted by Crippen LogP contribution is 2.47. The summed E-state index contributed by atoms with van der Waals surface area (Å²) < 4.78 is 5.41. The third-order valence-corrected chi connectivity index (χ3v) is 3.56. The van der Waals surface area contributed by atoms with Gasteiger partial charge in [-0.2, -0.15) is 0 Å². The number of nitrogens with one attached hydrogen (secondary N) is 1. The van der Waals surface area contributed by atoms with Crippen molar-refractivity contribution in [2.24, 2.45) is 11.8 Å². The van der Waals surface area contributed by atoms with Crippen molar-refractivity contribution in [1.29, 1.82) is 0 Å². The van der Waals surface area contributed by atoms with E-state index in [9.17, 15) is 0 Å². The van der Waals surface area contributed by atoms with Gasteiger partial charge in [-0.05, 0) is 6.07 Å². The van der Waals surface area contributed by atoms with Gasteiger partial charge in [0.25, 0.3) is 0 Å². The summed E-state index contributed by atoms with van der Waals surface area (Å²) in [5, 5.41) is 3.47. The van der Waals surface area contributed by atoms with E-state index in [-0.39, 0.29) is 0 Å². The zero-order valence-electron chi connectivity index (χ0n) is 9.31. The van der Waals surface area contributed by atoms with Crippen LogP contribution in [0.5, 0.6) is 5.75 Å². The molecule has 2 aliphatic rings. The van der Waals surface area contributed by atoms with Crippen molar-refractivity contribution >= 4 is 0 Å². The Morgan fingerprint density at radius 1 is 1.25 bits per heavy atom. The molecule has 1 aliphatic carbocycles. The summed E-state index contributed by atoms with van der Waals surface area (Å²) in [4.78, 5) is 0. The zero-order valence-corrected chi connectivity index (χ0v) is 9.31. The van der Waals surface area contributed by atoms with Crippen LogP contribution in [0.25, 0.3) is 0 Å². The van der Waals surface area contributed by atoms with Crippen LogP contribution >= 0.6 is 0 Å². The average Bonchev–Trinajstić information content (AvgIpc) is 2.47. The van der Waals surface area contributed by atoms with Crippen LogP contribution in [-0.4, -0.2) is 7.11 Å². The Balaban J connectivity index is 1.98. The number of benzene rings is 1. The van der Waals surface area contributed by atoms with Gasteiger partial charge in [0.15, 0.2) is 0 Å². The number of ether oxygens (including phenoxy) is 1. The number of allylic oxidation sites excluding steroid dienone is 1. The number of fused-ring (bicyclic) bond motifs is 1. The van der Waals surface area contributed by atoms with Gasteiger partial charge < -0.3 is 10.1 Å². The van der Waals surface area contributed by atoms with Crippen molar-refractivity contribution < 1.29 is 4.74 Å². The molecule has 1 aromatic carbocycles. The number of hydrogen-bond acceptors (Lipinski definition) is 2. The number of para-hydroxylation sites is 1. The fraction of sp³-hybridized carbons (Fsp3) is 0.286. The molecule has 0 radical (unpaired) electrons. The van der Waals surface area contributed by atoms with Crippen molar-refractivity contribution in [1.82, 2.24) is 5.32 Å². The molecule has 0 spiro atoms. The Hall–Kier alpha value is -1.70. The minimum atomic E-state index is 0.318. The molecule has 3 rings (SSSR count). The van der Waals surface area contributed by atoms with Crippen molar-refractivity contribution in [3.8, 4) is 5.75 Å². The fourth-order valence-electron chi connectivity index (χ4n) is 2.62. The van der Waals surface area contributed by atoms with Gasteiger partial charge in [0.1, 0.15) is 5.75 Å². The fourth-order valence-corrected chi connectivity index (χ4v) is 2.62. The Kier molecular flexibility index (Phi) is 2.03. The summed E-state index contributed by atoms with van der Waals surface area (Å²) in [6.07, 6.45) is 4.47. The largest absolute Gasteiger partial charge is 0.496 e. The topological polar surface area (TPSA) is 21.3 Å². The lowest BCUT2D eigenvalue weighted by Gasteiger charge is -2.26. The smallest absolute Gasteiger partial charge is 0.124 e. The van der Waals surface area contributed by atoms with Crippen LogP contribution in [-0.2, 0) is 0 Å². The third kappa shape index (κ3) is 1.19. The van der Waals surface area contributed by atoms with Gasteiger partial charge in [-0.1, -0.05) is 36.9 Å². The predicted molar refractivity (Wildman–Crippen MR) is 64.1 cm³/mol. The summed E-state index contributed by atoms with van der Waals surface area (Å²) in [5.74, 6) is 2.01. The molecule has 1 N–H and O–H groups in total. The molecule has 82 valence electrons. The van der Waals surface area contributed by atoms with E-state index in [0.29, 0.717) is 17.9 Å². The van der Waals surface area contributed by atoms with Gasteiger partial charge in [-0.25, -0.2) is 0 Å². The molecule has 1 aliphatic heterocycles. The summed E-state index contributed by atoms with van der Waals surface area (Å²) in [7, 11) is 1.72. The maximum Gasteiger partial charge on any atom is 0.124 e. The maximum absolute atomic E-state index is 5.41. The SMILES string of the molecule is C=C1N[C@@H](c2ccccc2OC)[C@H]2C=C[C@@H]12. The first-order valence-electron chi connectivity index (χ1n) is 5.58. The van der Waals surface area contributed by atoms with Gasteiger partial charge in [-0.15, -0.1) is 0 Å². The summed E-state index contributed by atoms with van der Waals surface area (Å²) in [6.45, 7) is 4.06. The highest BCUT2D eigenvalue weighted by atomic mass is 16.5. The quantitative estimate of drug-likeness (QED) is 0.763. The second kappa shape index (κ2) is 3.41. The standard InChI is InChI=1S/C14H15NO/c1-9-10-7-8-11(10)14(15-9)12-5-3-4-6-13(12)16-2/h3-8,10-11,14-15H,1H2,2H3/t10-,11-,14+/m0/s1. The molecule has 0 unspecified atom stereocenters. The molecule has 1 aromatic rings. The van der Waals surface area contributed by atoms with E-state index in [1.54, 1.807) is 7.11 Å². The second-order valence-corrected chi connectivity index (χ2v) is 4.38. The van der Waals surface area contributed by atoms with Crippen LogP contribution < -0.4 is 10.1 Å². The predicted octanol–water partition coefficient (Wildman–Crippen LogP) is 2.66. The molecular formula is C14H15NO. The van der Waals surface area contributed by atoms with E-state index in [4.69, 9.17) is 4.74 Å². The first-order valence-corrected chi connectivity index (χ1v) is 5.58. The third-order valence-electron chi connectivity index (χ3n) is 3.56. The van der Waals surface area contributed by atoms with Crippen molar-refractivity contribution in [3.63, 3.8) is 0 Å². The van der Waals surface area contributed by atoms with Crippen LogP contribution in [0, 0.1) is 11.8 Å². The van der Waals surface area contributed by atoms with Gasteiger partial charge in [0.2, 0.25) is 0 Å². The van der Waals surface area contributed by atoms with E-state index >= 15 is 0 Å². The highest BCUT2D eigenvalue weighted by Gasteiger charge is 2.41. The van der Waals surface area contributed by atoms with E-state index in [0.717, 1.165) is 11.4 Å². The van der Waals surface area contributed by atoms with Crippen LogP contribution in [0.15, 0.2) is 48.7 Å². The molecule has 16 heavy (non-hydrogen) atoms. The molecule has 0 aromatic heterocycles. The van der Waals surface area contributed by atoms with Crippen LogP contribution in [0.4, 0.5) is 0 Å². The lowest BCUT2D eigenvalue weighted by atomic mass is 9.78. The van der Waals surface area contributed by atoms with E-state index in [2.05, 4.69) is 36.2 Å². The molecule has 2 heteroatoms. The zero-order chi connectivity index (χ0) is 11.1. The molecule has 2 nitrogen and oxygen atoms in total. The molecule has 3 atom stereocenters. The van der Waals surface area contributed by atoms with E-state index in [1.165, 1.54) is 5.56 Å². The number of rotatable bonds is 2. The maximum atomic E-state index is 5.41. The molecule has 1 fully saturated rings. The average molecular weight is 213 g/mol. The molecule has 1 heterocycles. The normalized spacial score (nSPS) is 30.6. The lowest BCUT2D eigenvalue weighted by Crippen LogP contribution is -2.20. The van der Waals surface area contributed by atoms with Gasteiger partial charge in [-0.3, -0.25) is 0 Å². The number of hydrogen-bond donors (Lipinski definition) is 1. The van der Waals surface area contributed by atoms with Crippen molar-refractivity contribution in [2.75, 3.05) is 7.11 Å². The molecular weight excluding hydrogens is 198 g/mol. The lowest BCUT2D eigenvalue weighted by molar-refractivity contribution is 0.391. The van der Waals surface area contributed by atoms with Crippen molar-refractivity contribution in [2.45, 2.75) is 6.04 Å². The minimum Gasteiger partial charge on any atom is -0.496 e.